The van der Waals surface area contributed by atoms with Gasteiger partial charge in [-0.25, -0.2) is 13.1 Å². The third kappa shape index (κ3) is 3.08. The second kappa shape index (κ2) is 5.22. The number of hydrogen-bond acceptors (Lipinski definition) is 3. The van der Waals surface area contributed by atoms with Gasteiger partial charge in [0.15, 0.2) is 0 Å². The molecule has 0 saturated heterocycles. The van der Waals surface area contributed by atoms with Crippen LogP contribution in [0.1, 0.15) is 11.3 Å². The molecule has 0 aliphatic heterocycles. The summed E-state index contributed by atoms with van der Waals surface area (Å²) in [6.07, 6.45) is 0. The fraction of sp³-hybridized carbons (Fsp3) is 0.250. The van der Waals surface area contributed by atoms with Gasteiger partial charge in [0.1, 0.15) is 11.0 Å². The van der Waals surface area contributed by atoms with Gasteiger partial charge in [0.2, 0.25) is 10.0 Å². The third-order valence-corrected chi connectivity index (χ3v) is 4.25. The Kier molecular flexibility index (Phi) is 3.82. The van der Waals surface area contributed by atoms with E-state index in [1.54, 1.807) is 17.7 Å². The van der Waals surface area contributed by atoms with E-state index in [0.29, 0.717) is 5.82 Å². The van der Waals surface area contributed by atoms with Crippen LogP contribution in [-0.4, -0.2) is 23.4 Å². The molecule has 5 nitrogen and oxygen atoms in total. The number of alkyl halides is 1. The summed E-state index contributed by atoms with van der Waals surface area (Å²) in [5, 5.41) is 3.81. The SMILES string of the molecule is Cc1cc(NS(=O)(=O)CCl)n(-c2ccccc2C)n1. The van der Waals surface area contributed by atoms with Crippen molar-refractivity contribution in [3.63, 3.8) is 0 Å². The van der Waals surface area contributed by atoms with E-state index >= 15 is 0 Å². The number of anilines is 1. The van der Waals surface area contributed by atoms with E-state index in [-0.39, 0.29) is 0 Å². The van der Waals surface area contributed by atoms with E-state index in [1.807, 2.05) is 31.2 Å². The average molecular weight is 300 g/mol. The number of halogens is 1. The third-order valence-electron chi connectivity index (χ3n) is 2.58. The second-order valence-corrected chi connectivity index (χ2v) is 6.50. The maximum atomic E-state index is 11.6. The lowest BCUT2D eigenvalue weighted by molar-refractivity contribution is 0.605. The van der Waals surface area contributed by atoms with Crippen LogP contribution < -0.4 is 4.72 Å². The molecule has 0 unspecified atom stereocenters. The summed E-state index contributed by atoms with van der Waals surface area (Å²) in [4.78, 5) is 0. The molecule has 0 aliphatic rings. The fourth-order valence-corrected chi connectivity index (χ4v) is 2.43. The van der Waals surface area contributed by atoms with Crippen molar-refractivity contribution in [2.75, 3.05) is 9.93 Å². The lowest BCUT2D eigenvalue weighted by Crippen LogP contribution is -2.16. The van der Waals surface area contributed by atoms with Crippen LogP contribution in [0.3, 0.4) is 0 Å². The Balaban J connectivity index is 2.51. The van der Waals surface area contributed by atoms with E-state index in [9.17, 15) is 8.42 Å². The summed E-state index contributed by atoms with van der Waals surface area (Å²) in [6.45, 7) is 3.74. The molecule has 0 atom stereocenters. The average Bonchev–Trinajstić information content (AvgIpc) is 2.70. The highest BCUT2D eigenvalue weighted by Crippen LogP contribution is 2.21. The van der Waals surface area contributed by atoms with E-state index < -0.39 is 15.2 Å². The first-order valence-electron chi connectivity index (χ1n) is 5.62. The van der Waals surface area contributed by atoms with Crippen molar-refractivity contribution in [2.45, 2.75) is 13.8 Å². The molecule has 0 fully saturated rings. The number of benzene rings is 1. The molecule has 1 heterocycles. The minimum atomic E-state index is -3.55. The highest BCUT2D eigenvalue weighted by molar-refractivity contribution is 7.93. The molecule has 0 amide bonds. The molecule has 0 saturated carbocycles. The minimum absolute atomic E-state index is 0.382. The first-order valence-corrected chi connectivity index (χ1v) is 7.81. The number of nitrogens with zero attached hydrogens (tertiary/aromatic N) is 2. The van der Waals surface area contributed by atoms with Crippen molar-refractivity contribution in [2.24, 2.45) is 0 Å². The van der Waals surface area contributed by atoms with Gasteiger partial charge < -0.3 is 0 Å². The van der Waals surface area contributed by atoms with E-state index in [4.69, 9.17) is 11.6 Å². The Bertz CT molecular complexity index is 695. The van der Waals surface area contributed by atoms with Crippen molar-refractivity contribution in [1.82, 2.24) is 9.78 Å². The Labute approximate surface area is 117 Å². The number of para-hydroxylation sites is 1. The largest absolute Gasteiger partial charge is 0.266 e. The topological polar surface area (TPSA) is 64.0 Å². The number of nitrogens with one attached hydrogen (secondary N) is 1. The van der Waals surface area contributed by atoms with Gasteiger partial charge in [-0.05, 0) is 25.5 Å². The van der Waals surface area contributed by atoms with Crippen LogP contribution in [0.25, 0.3) is 5.69 Å². The van der Waals surface area contributed by atoms with Gasteiger partial charge in [-0.1, -0.05) is 18.2 Å². The van der Waals surface area contributed by atoms with Crippen LogP contribution >= 0.6 is 11.6 Å². The Morgan fingerprint density at radius 2 is 2.00 bits per heavy atom. The van der Waals surface area contributed by atoms with Gasteiger partial charge >= 0.3 is 0 Å². The van der Waals surface area contributed by atoms with Crippen LogP contribution in [0.5, 0.6) is 0 Å². The summed E-state index contributed by atoms with van der Waals surface area (Å²) >= 11 is 5.40. The molecule has 0 bridgehead atoms. The highest BCUT2D eigenvalue weighted by atomic mass is 35.5. The Morgan fingerprint density at radius 3 is 2.63 bits per heavy atom. The molecule has 2 rings (SSSR count). The summed E-state index contributed by atoms with van der Waals surface area (Å²) in [7, 11) is -3.55. The van der Waals surface area contributed by atoms with E-state index in [1.165, 1.54) is 0 Å². The molecule has 0 radical (unpaired) electrons. The van der Waals surface area contributed by atoms with Crippen LogP contribution in [-0.2, 0) is 10.0 Å². The van der Waals surface area contributed by atoms with Crippen LogP contribution in [0, 0.1) is 13.8 Å². The fourth-order valence-electron chi connectivity index (χ4n) is 1.74. The molecule has 1 aromatic heterocycles. The molecule has 2 aromatic rings. The van der Waals surface area contributed by atoms with Crippen molar-refractivity contribution in [3.8, 4) is 5.69 Å². The maximum Gasteiger partial charge on any atom is 0.247 e. The summed E-state index contributed by atoms with van der Waals surface area (Å²) < 4.78 is 27.1. The monoisotopic (exact) mass is 299 g/mol. The van der Waals surface area contributed by atoms with Gasteiger partial charge in [0, 0.05) is 6.07 Å². The number of rotatable bonds is 4. The molecule has 19 heavy (non-hydrogen) atoms. The molecular weight excluding hydrogens is 286 g/mol. The zero-order valence-electron chi connectivity index (χ0n) is 10.6. The number of sulfonamides is 1. The summed E-state index contributed by atoms with van der Waals surface area (Å²) in [6, 6.07) is 9.26. The second-order valence-electron chi connectivity index (χ2n) is 4.20. The highest BCUT2D eigenvalue weighted by Gasteiger charge is 2.15. The summed E-state index contributed by atoms with van der Waals surface area (Å²) in [5.41, 5.74) is 2.54. The molecular formula is C12H14ClN3O2S. The molecule has 1 N–H and O–H groups in total. The van der Waals surface area contributed by atoms with Crippen LogP contribution in [0.4, 0.5) is 5.82 Å². The van der Waals surface area contributed by atoms with Crippen LogP contribution in [0.2, 0.25) is 0 Å². The van der Waals surface area contributed by atoms with Gasteiger partial charge in [-0.2, -0.15) is 5.10 Å². The van der Waals surface area contributed by atoms with Crippen molar-refractivity contribution >= 4 is 27.4 Å². The normalized spacial score (nSPS) is 11.5. The quantitative estimate of drug-likeness (QED) is 0.882. The van der Waals surface area contributed by atoms with Crippen LogP contribution in [0.15, 0.2) is 30.3 Å². The Morgan fingerprint density at radius 1 is 1.32 bits per heavy atom. The molecule has 0 spiro atoms. The van der Waals surface area contributed by atoms with Crippen molar-refractivity contribution < 1.29 is 8.42 Å². The van der Waals surface area contributed by atoms with E-state index in [0.717, 1.165) is 16.9 Å². The van der Waals surface area contributed by atoms with Gasteiger partial charge in [0.05, 0.1) is 11.4 Å². The Hall–Kier alpha value is -1.53. The smallest absolute Gasteiger partial charge is 0.247 e. The number of aryl methyl sites for hydroxylation is 2. The number of aromatic nitrogens is 2. The van der Waals surface area contributed by atoms with E-state index in [2.05, 4.69) is 9.82 Å². The summed E-state index contributed by atoms with van der Waals surface area (Å²) in [5.74, 6) is 0.382. The lowest BCUT2D eigenvalue weighted by Gasteiger charge is -2.11. The lowest BCUT2D eigenvalue weighted by atomic mass is 10.2. The van der Waals surface area contributed by atoms with Gasteiger partial charge in [0.25, 0.3) is 0 Å². The first kappa shape index (κ1) is 13.9. The number of hydrogen-bond donors (Lipinski definition) is 1. The van der Waals surface area contributed by atoms with Crippen molar-refractivity contribution in [3.05, 3.63) is 41.6 Å². The van der Waals surface area contributed by atoms with Gasteiger partial charge in [-0.15, -0.1) is 11.6 Å². The molecule has 102 valence electrons. The molecule has 0 aliphatic carbocycles. The van der Waals surface area contributed by atoms with Gasteiger partial charge in [-0.3, -0.25) is 4.72 Å². The molecule has 7 heteroatoms. The minimum Gasteiger partial charge on any atom is -0.266 e. The molecule has 1 aromatic carbocycles. The van der Waals surface area contributed by atoms with Crippen molar-refractivity contribution in [1.29, 1.82) is 0 Å². The zero-order chi connectivity index (χ0) is 14.0. The maximum absolute atomic E-state index is 11.6. The predicted octanol–water partition coefficient (Wildman–Crippen LogP) is 2.43. The zero-order valence-corrected chi connectivity index (χ0v) is 12.2. The first-order chi connectivity index (χ1) is 8.93. The standard InChI is InChI=1S/C12H14ClN3O2S/c1-9-5-3-4-6-11(9)16-12(7-10(2)14-16)15-19(17,18)8-13/h3-7,15H,8H2,1-2H3. The predicted molar refractivity (Wildman–Crippen MR) is 76.3 cm³/mol.